The minimum atomic E-state index is -1.51. The number of benzene rings is 2. The molecule has 4 rings (SSSR count). The Kier molecular flexibility index (Phi) is 9.70. The number of aliphatic hydroxyl groups is 1. The maximum Gasteiger partial charge on any atom is 0.243 e. The van der Waals surface area contributed by atoms with Crippen LogP contribution in [0.3, 0.4) is 0 Å². The van der Waals surface area contributed by atoms with Crippen LogP contribution in [0.4, 0.5) is 14.6 Å². The highest BCUT2D eigenvalue weighted by atomic mass is 35.5. The van der Waals surface area contributed by atoms with Crippen molar-refractivity contribution in [2.24, 2.45) is 5.73 Å². The van der Waals surface area contributed by atoms with Gasteiger partial charge >= 0.3 is 0 Å². The summed E-state index contributed by atoms with van der Waals surface area (Å²) in [5.74, 6) is -2.73. The Morgan fingerprint density at radius 3 is 2.78 bits per heavy atom. The second kappa shape index (κ2) is 12.7. The average Bonchev–Trinajstić information content (AvgIpc) is 3.48. The SMILES string of the molecule is CNC[C@H](O)COC(C)(C)Cn1ccc(NC(=O)[C@@H]2NC[C@](N)(c3ccc(Cl)cc3F)[C@H]2c2cccc(Cl)c2F)n1. The summed E-state index contributed by atoms with van der Waals surface area (Å²) in [5, 5.41) is 23.1. The van der Waals surface area contributed by atoms with Crippen LogP contribution in [0.15, 0.2) is 48.7 Å². The van der Waals surface area contributed by atoms with Crippen molar-refractivity contribution >= 4 is 34.9 Å². The summed E-state index contributed by atoms with van der Waals surface area (Å²) >= 11 is 12.0. The number of amides is 1. The number of hydrogen-bond donors (Lipinski definition) is 5. The third-order valence-corrected chi connectivity index (χ3v) is 7.60. The molecule has 3 aromatic rings. The van der Waals surface area contributed by atoms with Crippen LogP contribution in [-0.4, -0.2) is 65.3 Å². The first kappa shape index (κ1) is 31.3. The first-order chi connectivity index (χ1) is 19.3. The number of carbonyl (C=O) groups is 1. The van der Waals surface area contributed by atoms with Gasteiger partial charge in [0.05, 0.1) is 41.5 Å². The molecule has 222 valence electrons. The van der Waals surface area contributed by atoms with Gasteiger partial charge in [-0.25, -0.2) is 8.78 Å². The first-order valence-corrected chi connectivity index (χ1v) is 13.8. The number of aromatic nitrogens is 2. The van der Waals surface area contributed by atoms with Gasteiger partial charge < -0.3 is 31.5 Å². The third kappa shape index (κ3) is 7.06. The molecule has 0 saturated carbocycles. The molecule has 13 heteroatoms. The molecule has 1 aliphatic heterocycles. The zero-order valence-electron chi connectivity index (χ0n) is 22.9. The Bertz CT molecular complexity index is 1390. The number of nitrogens with one attached hydrogen (secondary N) is 3. The van der Waals surface area contributed by atoms with Gasteiger partial charge in [0.25, 0.3) is 0 Å². The monoisotopic (exact) mass is 610 g/mol. The minimum Gasteiger partial charge on any atom is -0.389 e. The molecule has 1 fully saturated rings. The summed E-state index contributed by atoms with van der Waals surface area (Å²) in [6.45, 7) is 4.58. The summed E-state index contributed by atoms with van der Waals surface area (Å²) in [5.41, 5.74) is 4.78. The van der Waals surface area contributed by atoms with Gasteiger partial charge in [0.15, 0.2) is 5.82 Å². The van der Waals surface area contributed by atoms with E-state index in [0.717, 1.165) is 6.07 Å². The highest BCUT2D eigenvalue weighted by molar-refractivity contribution is 6.31. The Morgan fingerprint density at radius 2 is 2.07 bits per heavy atom. The van der Waals surface area contributed by atoms with Crippen molar-refractivity contribution in [2.45, 2.75) is 49.6 Å². The lowest BCUT2D eigenvalue weighted by Crippen LogP contribution is -2.46. The highest BCUT2D eigenvalue weighted by Gasteiger charge is 2.52. The van der Waals surface area contributed by atoms with E-state index in [1.54, 1.807) is 30.1 Å². The van der Waals surface area contributed by atoms with Gasteiger partial charge in [-0.15, -0.1) is 0 Å². The number of hydrogen-bond acceptors (Lipinski definition) is 7. The van der Waals surface area contributed by atoms with Gasteiger partial charge in [0, 0.05) is 41.9 Å². The van der Waals surface area contributed by atoms with Crippen molar-refractivity contribution in [1.82, 2.24) is 20.4 Å². The summed E-state index contributed by atoms with van der Waals surface area (Å²) in [7, 11) is 1.74. The lowest BCUT2D eigenvalue weighted by molar-refractivity contribution is -0.118. The van der Waals surface area contributed by atoms with Gasteiger partial charge in [-0.1, -0.05) is 41.4 Å². The second-order valence-electron chi connectivity index (χ2n) is 10.8. The average molecular weight is 612 g/mol. The van der Waals surface area contributed by atoms with Crippen molar-refractivity contribution in [3.05, 3.63) is 81.5 Å². The van der Waals surface area contributed by atoms with E-state index in [-0.39, 0.29) is 40.1 Å². The zero-order valence-corrected chi connectivity index (χ0v) is 24.4. The molecular weight excluding hydrogens is 577 g/mol. The quantitative estimate of drug-likeness (QED) is 0.225. The molecule has 1 amide bonds. The van der Waals surface area contributed by atoms with Crippen LogP contribution in [0.1, 0.15) is 30.9 Å². The van der Waals surface area contributed by atoms with Crippen LogP contribution < -0.4 is 21.7 Å². The van der Waals surface area contributed by atoms with E-state index in [4.69, 9.17) is 33.7 Å². The number of carbonyl (C=O) groups excluding carboxylic acids is 1. The van der Waals surface area contributed by atoms with Crippen LogP contribution in [-0.2, 0) is 21.6 Å². The Hall–Kier alpha value is -2.64. The lowest BCUT2D eigenvalue weighted by Gasteiger charge is -2.34. The van der Waals surface area contributed by atoms with Crippen molar-refractivity contribution < 1.29 is 23.4 Å². The van der Waals surface area contributed by atoms with Gasteiger partial charge in [-0.2, -0.15) is 5.10 Å². The molecule has 0 spiro atoms. The predicted octanol–water partition coefficient (Wildman–Crippen LogP) is 3.39. The number of halogens is 4. The van der Waals surface area contributed by atoms with E-state index in [1.807, 2.05) is 13.8 Å². The number of aliphatic hydroxyl groups excluding tert-OH is 1. The summed E-state index contributed by atoms with van der Waals surface area (Å²) < 4.78 is 37.9. The van der Waals surface area contributed by atoms with E-state index in [9.17, 15) is 9.90 Å². The molecule has 2 aromatic carbocycles. The number of anilines is 1. The Morgan fingerprint density at radius 1 is 1.32 bits per heavy atom. The smallest absolute Gasteiger partial charge is 0.243 e. The van der Waals surface area contributed by atoms with Gasteiger partial charge in [0.1, 0.15) is 11.6 Å². The van der Waals surface area contributed by atoms with E-state index in [2.05, 4.69) is 21.0 Å². The minimum absolute atomic E-state index is 0.0281. The van der Waals surface area contributed by atoms with Crippen LogP contribution >= 0.6 is 23.2 Å². The van der Waals surface area contributed by atoms with Crippen molar-refractivity contribution in [3.8, 4) is 0 Å². The third-order valence-electron chi connectivity index (χ3n) is 7.08. The number of nitrogens with two attached hydrogens (primary N) is 1. The molecule has 0 bridgehead atoms. The molecule has 1 aliphatic rings. The van der Waals surface area contributed by atoms with Crippen LogP contribution in [0.2, 0.25) is 10.0 Å². The number of rotatable bonds is 11. The molecule has 4 atom stereocenters. The van der Waals surface area contributed by atoms with Crippen molar-refractivity contribution in [2.75, 3.05) is 32.1 Å². The summed E-state index contributed by atoms with van der Waals surface area (Å²) in [6, 6.07) is 9.05. The molecule has 1 saturated heterocycles. The maximum absolute atomic E-state index is 15.3. The number of ether oxygens (including phenoxy) is 1. The van der Waals surface area contributed by atoms with E-state index in [0.29, 0.717) is 13.1 Å². The van der Waals surface area contributed by atoms with Crippen LogP contribution in [0.25, 0.3) is 0 Å². The number of nitrogens with zero attached hydrogens (tertiary/aromatic N) is 2. The topological polar surface area (TPSA) is 126 Å². The maximum atomic E-state index is 15.3. The molecule has 41 heavy (non-hydrogen) atoms. The molecule has 0 aliphatic carbocycles. The number of likely N-dealkylation sites (N-methyl/N-ethyl adjacent to an activating group) is 1. The van der Waals surface area contributed by atoms with Crippen molar-refractivity contribution in [3.63, 3.8) is 0 Å². The van der Waals surface area contributed by atoms with Crippen LogP contribution in [0.5, 0.6) is 0 Å². The molecular formula is C28H34Cl2F2N6O3. The normalized spacial score (nSPS) is 21.7. The molecule has 0 unspecified atom stereocenters. The summed E-state index contributed by atoms with van der Waals surface area (Å²) in [6.07, 6.45) is 1.02. The molecule has 9 nitrogen and oxygen atoms in total. The predicted molar refractivity (Wildman–Crippen MR) is 154 cm³/mol. The Labute approximate surface area is 247 Å². The largest absolute Gasteiger partial charge is 0.389 e. The molecule has 0 radical (unpaired) electrons. The van der Waals surface area contributed by atoms with Crippen molar-refractivity contribution in [1.29, 1.82) is 0 Å². The Balaban J connectivity index is 1.56. The van der Waals surface area contributed by atoms with Crippen LogP contribution in [0, 0.1) is 11.6 Å². The van der Waals surface area contributed by atoms with Gasteiger partial charge in [-0.3, -0.25) is 9.48 Å². The van der Waals surface area contributed by atoms with Gasteiger partial charge in [0.2, 0.25) is 5.91 Å². The molecule has 6 N–H and O–H groups in total. The fourth-order valence-corrected chi connectivity index (χ4v) is 5.51. The van der Waals surface area contributed by atoms with Gasteiger partial charge in [-0.05, 0) is 44.7 Å². The second-order valence-corrected chi connectivity index (χ2v) is 11.7. The summed E-state index contributed by atoms with van der Waals surface area (Å²) in [4.78, 5) is 13.6. The fourth-order valence-electron chi connectivity index (χ4n) is 5.17. The van der Waals surface area contributed by atoms with E-state index >= 15 is 8.78 Å². The zero-order chi connectivity index (χ0) is 29.9. The highest BCUT2D eigenvalue weighted by Crippen LogP contribution is 2.44. The molecule has 2 heterocycles. The first-order valence-electron chi connectivity index (χ1n) is 13.1. The standard InChI is InChI=1S/C28H34Cl2F2N6O3/c1-27(2,41-13-17(39)12-34-3)15-38-10-9-22(37-38)36-26(40)25-23(18-5-4-6-20(30)24(18)32)28(33,14-35-25)19-8-7-16(29)11-21(19)31/h4-11,17,23,25,34-35,39H,12-15,33H2,1-3H3,(H,36,37,40)/t17-,23-,25+,28-/m0/s1. The van der Waals surface area contributed by atoms with E-state index in [1.165, 1.54) is 24.3 Å². The lowest BCUT2D eigenvalue weighted by atomic mass is 9.74. The van der Waals surface area contributed by atoms with E-state index < -0.39 is 46.7 Å². The molecule has 1 aromatic heterocycles. The fraction of sp³-hybridized carbons (Fsp3) is 0.429.